The molecule has 28 heavy (non-hydrogen) atoms. The van der Waals surface area contributed by atoms with Crippen LogP contribution in [0, 0.1) is 5.92 Å². The minimum Gasteiger partial charge on any atom is -0.480 e. The van der Waals surface area contributed by atoms with E-state index in [4.69, 9.17) is 14.6 Å². The first-order valence-electron chi connectivity index (χ1n) is 9.36. The smallest absolute Gasteiger partial charge is 0.408 e. The zero-order chi connectivity index (χ0) is 21.1. The van der Waals surface area contributed by atoms with Gasteiger partial charge in [-0.25, -0.2) is 4.79 Å². The molecule has 0 saturated heterocycles. The van der Waals surface area contributed by atoms with Crippen LogP contribution in [0.15, 0.2) is 24.3 Å². The maximum atomic E-state index is 12.2. The minimum atomic E-state index is -1.14. The summed E-state index contributed by atoms with van der Waals surface area (Å²) in [5.41, 5.74) is 1.55. The van der Waals surface area contributed by atoms with Crippen molar-refractivity contribution < 1.29 is 29.0 Å². The van der Waals surface area contributed by atoms with Crippen molar-refractivity contribution in [2.75, 3.05) is 6.54 Å². The second-order valence-corrected chi connectivity index (χ2v) is 6.94. The summed E-state index contributed by atoms with van der Waals surface area (Å²) in [4.78, 5) is 34.4. The largest absolute Gasteiger partial charge is 0.480 e. The van der Waals surface area contributed by atoms with Gasteiger partial charge in [-0.3, -0.25) is 9.59 Å². The molecule has 2 atom stereocenters. The van der Waals surface area contributed by atoms with Gasteiger partial charge in [0.05, 0.1) is 0 Å². The molecule has 0 heterocycles. The van der Waals surface area contributed by atoms with Crippen LogP contribution in [0.3, 0.4) is 0 Å². The lowest BCUT2D eigenvalue weighted by atomic mass is 10.0. The van der Waals surface area contributed by atoms with E-state index in [9.17, 15) is 14.4 Å². The average Bonchev–Trinajstić information content (AvgIpc) is 2.64. The Bertz CT molecular complexity index is 645. The lowest BCUT2D eigenvalue weighted by Gasteiger charge is -2.18. The first kappa shape index (κ1) is 23.4. The number of amides is 1. The number of rotatable bonds is 11. The molecule has 1 aromatic rings. The van der Waals surface area contributed by atoms with Crippen LogP contribution >= 0.6 is 0 Å². The van der Waals surface area contributed by atoms with Gasteiger partial charge in [0.1, 0.15) is 25.3 Å². The number of aliphatic carboxylic acids is 1. The van der Waals surface area contributed by atoms with E-state index in [-0.39, 0.29) is 25.2 Å². The number of carboxylic acids is 1. The second kappa shape index (κ2) is 12.0. The van der Waals surface area contributed by atoms with Gasteiger partial charge in [0, 0.05) is 0 Å². The molecule has 0 bridgehead atoms. The first-order chi connectivity index (χ1) is 13.2. The minimum absolute atomic E-state index is 0.00905. The molecule has 156 valence electrons. The molecule has 0 aromatic heterocycles. The molecule has 8 nitrogen and oxygen atoms in total. The highest BCUT2D eigenvalue weighted by atomic mass is 16.5. The van der Waals surface area contributed by atoms with Crippen molar-refractivity contribution in [3.05, 3.63) is 35.4 Å². The molecule has 0 radical (unpaired) electrons. The van der Waals surface area contributed by atoms with Gasteiger partial charge in [-0.2, -0.15) is 0 Å². The number of nitrogens with one attached hydrogen (secondary N) is 2. The monoisotopic (exact) mass is 394 g/mol. The molecule has 0 fully saturated rings. The summed E-state index contributed by atoms with van der Waals surface area (Å²) in [7, 11) is 0. The molecule has 1 rings (SSSR count). The Morgan fingerprint density at radius 2 is 1.54 bits per heavy atom. The Morgan fingerprint density at radius 3 is 2.00 bits per heavy atom. The Hall–Kier alpha value is -2.61. The van der Waals surface area contributed by atoms with Crippen LogP contribution in [-0.2, 0) is 32.3 Å². The highest BCUT2D eigenvalue weighted by molar-refractivity contribution is 5.79. The second-order valence-electron chi connectivity index (χ2n) is 6.94. The van der Waals surface area contributed by atoms with Gasteiger partial charge in [-0.15, -0.1) is 0 Å². The molecular weight excluding hydrogens is 364 g/mol. The Kier molecular flexibility index (Phi) is 10.0. The number of hydrogen-bond donors (Lipinski definition) is 3. The molecule has 1 amide bonds. The number of ether oxygens (including phenoxy) is 2. The lowest BCUT2D eigenvalue weighted by molar-refractivity contribution is -0.148. The number of carbonyl (C=O) groups excluding carboxylic acids is 2. The third-order valence-corrected chi connectivity index (χ3v) is 3.92. The summed E-state index contributed by atoms with van der Waals surface area (Å²) in [5.74, 6) is -1.03. The number of alkyl carbamates (subject to hydrolysis) is 1. The fourth-order valence-electron chi connectivity index (χ4n) is 2.40. The summed E-state index contributed by atoms with van der Waals surface area (Å²) >= 11 is 0. The van der Waals surface area contributed by atoms with Gasteiger partial charge >= 0.3 is 18.0 Å². The Morgan fingerprint density at radius 1 is 1.00 bits per heavy atom. The molecule has 0 aliphatic carbocycles. The van der Waals surface area contributed by atoms with Crippen LogP contribution in [0.2, 0.25) is 0 Å². The quantitative estimate of drug-likeness (QED) is 0.494. The Balaban J connectivity index is 2.46. The molecule has 0 saturated carbocycles. The van der Waals surface area contributed by atoms with Crippen LogP contribution in [0.25, 0.3) is 0 Å². The maximum Gasteiger partial charge on any atom is 0.408 e. The topological polar surface area (TPSA) is 114 Å². The normalized spacial score (nSPS) is 12.9. The molecule has 0 aliphatic rings. The van der Waals surface area contributed by atoms with E-state index in [1.165, 1.54) is 6.92 Å². The van der Waals surface area contributed by atoms with E-state index in [1.54, 1.807) is 24.3 Å². The molecule has 3 N–H and O–H groups in total. The SMILES string of the molecule is CCN[C@@H](CC(C)C)C(=O)OCc1ccc(COC(=O)N[C@@H](C)C(=O)O)cc1. The zero-order valence-corrected chi connectivity index (χ0v) is 16.9. The lowest BCUT2D eigenvalue weighted by Crippen LogP contribution is -2.38. The fourth-order valence-corrected chi connectivity index (χ4v) is 2.40. The third-order valence-electron chi connectivity index (χ3n) is 3.92. The van der Waals surface area contributed by atoms with Crippen molar-refractivity contribution in [2.45, 2.75) is 59.4 Å². The van der Waals surface area contributed by atoms with Crippen molar-refractivity contribution in [2.24, 2.45) is 5.92 Å². The predicted octanol–water partition coefficient (Wildman–Crippen LogP) is 2.45. The van der Waals surface area contributed by atoms with Crippen LogP contribution in [0.5, 0.6) is 0 Å². The van der Waals surface area contributed by atoms with Crippen molar-refractivity contribution in [3.63, 3.8) is 0 Å². The molecular formula is C20H30N2O6. The summed E-state index contributed by atoms with van der Waals surface area (Å²) in [6.45, 7) is 8.28. The average molecular weight is 394 g/mol. The van der Waals surface area contributed by atoms with Crippen LogP contribution in [-0.4, -0.2) is 41.8 Å². The standard InChI is InChI=1S/C20H30N2O6/c1-5-21-17(10-13(2)3)19(25)27-11-15-6-8-16(9-7-15)12-28-20(26)22-14(4)18(23)24/h6-9,13-14,17,21H,5,10-12H2,1-4H3,(H,22,26)(H,23,24)/t14-,17-/m0/s1. The van der Waals surface area contributed by atoms with Gasteiger partial charge in [-0.05, 0) is 36.9 Å². The highest BCUT2D eigenvalue weighted by Crippen LogP contribution is 2.10. The van der Waals surface area contributed by atoms with E-state index in [1.807, 2.05) is 6.92 Å². The number of esters is 1. The number of carboxylic acid groups (broad SMARTS) is 1. The summed E-state index contributed by atoms with van der Waals surface area (Å²) < 4.78 is 10.4. The van der Waals surface area contributed by atoms with Crippen LogP contribution < -0.4 is 10.6 Å². The van der Waals surface area contributed by atoms with Crippen molar-refractivity contribution in [3.8, 4) is 0 Å². The molecule has 0 unspecified atom stereocenters. The summed E-state index contributed by atoms with van der Waals surface area (Å²) in [6, 6.07) is 5.75. The van der Waals surface area contributed by atoms with Gasteiger partial charge in [0.2, 0.25) is 0 Å². The van der Waals surface area contributed by atoms with Gasteiger partial charge in [-0.1, -0.05) is 45.0 Å². The van der Waals surface area contributed by atoms with E-state index in [0.29, 0.717) is 18.9 Å². The highest BCUT2D eigenvalue weighted by Gasteiger charge is 2.20. The van der Waals surface area contributed by atoms with E-state index in [2.05, 4.69) is 24.5 Å². The number of benzene rings is 1. The van der Waals surface area contributed by atoms with Crippen LogP contribution in [0.1, 0.15) is 45.2 Å². The first-order valence-corrected chi connectivity index (χ1v) is 9.36. The number of carbonyl (C=O) groups is 3. The summed E-state index contributed by atoms with van der Waals surface area (Å²) in [5, 5.41) is 14.1. The molecule has 1 aromatic carbocycles. The van der Waals surface area contributed by atoms with Crippen molar-refractivity contribution in [1.29, 1.82) is 0 Å². The van der Waals surface area contributed by atoms with E-state index < -0.39 is 18.1 Å². The maximum absolute atomic E-state index is 12.2. The van der Waals surface area contributed by atoms with Crippen LogP contribution in [0.4, 0.5) is 4.79 Å². The number of likely N-dealkylation sites (N-methyl/N-ethyl adjacent to an activating group) is 1. The number of hydrogen-bond acceptors (Lipinski definition) is 6. The Labute approximate surface area is 165 Å². The zero-order valence-electron chi connectivity index (χ0n) is 16.9. The van der Waals surface area contributed by atoms with Gasteiger partial charge < -0.3 is 25.2 Å². The molecule has 8 heteroatoms. The van der Waals surface area contributed by atoms with Gasteiger partial charge in [0.15, 0.2) is 0 Å². The summed E-state index contributed by atoms with van der Waals surface area (Å²) in [6.07, 6.45) is -0.0848. The van der Waals surface area contributed by atoms with E-state index >= 15 is 0 Å². The fraction of sp³-hybridized carbons (Fsp3) is 0.550. The van der Waals surface area contributed by atoms with Crippen molar-refractivity contribution >= 4 is 18.0 Å². The molecule has 0 aliphatic heterocycles. The third kappa shape index (κ3) is 8.85. The van der Waals surface area contributed by atoms with Gasteiger partial charge in [0.25, 0.3) is 0 Å². The van der Waals surface area contributed by atoms with E-state index in [0.717, 1.165) is 11.1 Å². The molecule has 0 spiro atoms. The predicted molar refractivity (Wildman–Crippen MR) is 104 cm³/mol. The van der Waals surface area contributed by atoms with Crippen molar-refractivity contribution in [1.82, 2.24) is 10.6 Å².